The van der Waals surface area contributed by atoms with E-state index in [-0.39, 0.29) is 0 Å². The Bertz CT molecular complexity index is 235. The molecule has 0 bridgehead atoms. The Hall–Kier alpha value is -0.0800. The number of hydrogen-bond donors (Lipinski definition) is 1. The van der Waals surface area contributed by atoms with Gasteiger partial charge < -0.3 is 10.1 Å². The molecule has 2 rings (SSSR count). The quantitative estimate of drug-likeness (QED) is 0.826. The van der Waals surface area contributed by atoms with Gasteiger partial charge in [0.2, 0.25) is 0 Å². The molecule has 0 aromatic heterocycles. The van der Waals surface area contributed by atoms with Crippen LogP contribution in [0.25, 0.3) is 0 Å². The first-order chi connectivity index (χ1) is 8.68. The molecule has 106 valence electrons. The minimum Gasteiger partial charge on any atom is -0.381 e. The van der Waals surface area contributed by atoms with Crippen molar-refractivity contribution < 1.29 is 4.74 Å². The molecule has 1 aliphatic heterocycles. The third kappa shape index (κ3) is 3.71. The summed E-state index contributed by atoms with van der Waals surface area (Å²) in [7, 11) is 0. The van der Waals surface area contributed by atoms with Crippen molar-refractivity contribution in [3.63, 3.8) is 0 Å². The van der Waals surface area contributed by atoms with Crippen molar-refractivity contribution in [1.29, 1.82) is 0 Å². The van der Waals surface area contributed by atoms with Gasteiger partial charge in [-0.3, -0.25) is 0 Å². The van der Waals surface area contributed by atoms with Crippen molar-refractivity contribution in [3.05, 3.63) is 0 Å². The van der Waals surface area contributed by atoms with E-state index in [1.54, 1.807) is 0 Å². The molecule has 18 heavy (non-hydrogen) atoms. The zero-order valence-corrected chi connectivity index (χ0v) is 12.5. The van der Waals surface area contributed by atoms with Crippen LogP contribution in [0, 0.1) is 17.8 Å². The second kappa shape index (κ2) is 6.91. The minimum absolute atomic E-state index is 0.665. The van der Waals surface area contributed by atoms with Gasteiger partial charge in [-0.25, -0.2) is 0 Å². The first kappa shape index (κ1) is 14.3. The Morgan fingerprint density at radius 1 is 0.944 bits per heavy atom. The van der Waals surface area contributed by atoms with Crippen molar-refractivity contribution in [3.8, 4) is 0 Å². The first-order valence-corrected chi connectivity index (χ1v) is 8.02. The number of ether oxygens (including phenoxy) is 1. The molecule has 0 radical (unpaired) electrons. The van der Waals surface area contributed by atoms with Gasteiger partial charge in [0.25, 0.3) is 0 Å². The average Bonchev–Trinajstić information content (AvgIpc) is 2.40. The fourth-order valence-corrected chi connectivity index (χ4v) is 3.85. The van der Waals surface area contributed by atoms with Crippen molar-refractivity contribution >= 4 is 0 Å². The summed E-state index contributed by atoms with van der Waals surface area (Å²) in [6, 6.07) is 1.43. The largest absolute Gasteiger partial charge is 0.381 e. The van der Waals surface area contributed by atoms with Crippen molar-refractivity contribution in [2.24, 2.45) is 17.8 Å². The number of nitrogens with one attached hydrogen (secondary N) is 1. The van der Waals surface area contributed by atoms with Gasteiger partial charge in [-0.15, -0.1) is 0 Å². The fraction of sp³-hybridized carbons (Fsp3) is 1.00. The number of rotatable bonds is 4. The Morgan fingerprint density at radius 2 is 1.61 bits per heavy atom. The van der Waals surface area contributed by atoms with Crippen LogP contribution in [0.15, 0.2) is 0 Å². The zero-order valence-electron chi connectivity index (χ0n) is 12.5. The summed E-state index contributed by atoms with van der Waals surface area (Å²) in [6.07, 6.45) is 8.15. The highest BCUT2D eigenvalue weighted by Gasteiger charge is 2.30. The molecule has 3 unspecified atom stereocenters. The van der Waals surface area contributed by atoms with Crippen LogP contribution in [-0.2, 0) is 4.74 Å². The van der Waals surface area contributed by atoms with Crippen molar-refractivity contribution in [2.45, 2.75) is 71.4 Å². The summed E-state index contributed by atoms with van der Waals surface area (Å²) >= 11 is 0. The monoisotopic (exact) mass is 253 g/mol. The maximum Gasteiger partial charge on any atom is 0.0469 e. The van der Waals surface area contributed by atoms with E-state index in [4.69, 9.17) is 4.74 Å². The van der Waals surface area contributed by atoms with Crippen LogP contribution in [0.2, 0.25) is 0 Å². The smallest absolute Gasteiger partial charge is 0.0469 e. The lowest BCUT2D eigenvalue weighted by atomic mass is 9.77. The highest BCUT2D eigenvalue weighted by Crippen LogP contribution is 2.31. The van der Waals surface area contributed by atoms with E-state index in [2.05, 4.69) is 26.1 Å². The molecule has 2 heteroatoms. The van der Waals surface area contributed by atoms with Crippen LogP contribution in [-0.4, -0.2) is 25.3 Å². The van der Waals surface area contributed by atoms with Gasteiger partial charge in [0.15, 0.2) is 0 Å². The molecule has 1 N–H and O–H groups in total. The summed E-state index contributed by atoms with van der Waals surface area (Å²) in [4.78, 5) is 0. The molecule has 1 saturated carbocycles. The first-order valence-electron chi connectivity index (χ1n) is 8.02. The predicted molar refractivity (Wildman–Crippen MR) is 76.7 cm³/mol. The summed E-state index contributed by atoms with van der Waals surface area (Å²) in [5, 5.41) is 3.96. The van der Waals surface area contributed by atoms with Gasteiger partial charge in [0.05, 0.1) is 0 Å². The topological polar surface area (TPSA) is 21.3 Å². The molecule has 1 aliphatic carbocycles. The van der Waals surface area contributed by atoms with E-state index in [9.17, 15) is 0 Å². The zero-order chi connectivity index (χ0) is 13.0. The Kier molecular flexibility index (Phi) is 5.50. The normalized spacial score (nSPS) is 32.7. The van der Waals surface area contributed by atoms with E-state index in [0.29, 0.717) is 6.04 Å². The summed E-state index contributed by atoms with van der Waals surface area (Å²) in [5.41, 5.74) is 0. The van der Waals surface area contributed by atoms with Crippen LogP contribution in [0.3, 0.4) is 0 Å². The molecule has 0 aromatic rings. The van der Waals surface area contributed by atoms with Crippen molar-refractivity contribution in [2.75, 3.05) is 13.2 Å². The second-order valence-corrected chi connectivity index (χ2v) is 6.70. The van der Waals surface area contributed by atoms with Gasteiger partial charge in [-0.05, 0) is 50.4 Å². The molecule has 3 atom stereocenters. The van der Waals surface area contributed by atoms with Gasteiger partial charge in [0.1, 0.15) is 0 Å². The van der Waals surface area contributed by atoms with E-state index < -0.39 is 0 Å². The Morgan fingerprint density at radius 3 is 2.28 bits per heavy atom. The van der Waals surface area contributed by atoms with Crippen LogP contribution in [0.1, 0.15) is 59.3 Å². The summed E-state index contributed by atoms with van der Waals surface area (Å²) in [5.74, 6) is 2.54. The van der Waals surface area contributed by atoms with Crippen LogP contribution >= 0.6 is 0 Å². The van der Waals surface area contributed by atoms with Gasteiger partial charge in [-0.2, -0.15) is 0 Å². The van der Waals surface area contributed by atoms with Crippen LogP contribution in [0.5, 0.6) is 0 Å². The minimum atomic E-state index is 0.665. The highest BCUT2D eigenvalue weighted by molar-refractivity contribution is 4.86. The maximum atomic E-state index is 5.47. The highest BCUT2D eigenvalue weighted by atomic mass is 16.5. The lowest BCUT2D eigenvalue weighted by molar-refractivity contribution is 0.0505. The van der Waals surface area contributed by atoms with Gasteiger partial charge in [-0.1, -0.05) is 26.7 Å². The molecule has 2 aliphatic rings. The summed E-state index contributed by atoms with van der Waals surface area (Å²) < 4.78 is 5.47. The molecule has 0 spiro atoms. The average molecular weight is 253 g/mol. The van der Waals surface area contributed by atoms with E-state index in [1.165, 1.54) is 38.5 Å². The van der Waals surface area contributed by atoms with Gasteiger partial charge >= 0.3 is 0 Å². The lowest BCUT2D eigenvalue weighted by Gasteiger charge is -2.39. The SMILES string of the molecule is CC(C)C1CCCCC1NC(C)C1CCOCC1. The maximum absolute atomic E-state index is 5.47. The molecular weight excluding hydrogens is 222 g/mol. The van der Waals surface area contributed by atoms with Gasteiger partial charge in [0, 0.05) is 25.3 Å². The molecule has 1 saturated heterocycles. The molecular formula is C16H31NO. The molecule has 2 nitrogen and oxygen atoms in total. The molecule has 0 aromatic carbocycles. The molecule has 0 amide bonds. The summed E-state index contributed by atoms with van der Waals surface area (Å²) in [6.45, 7) is 9.11. The molecule has 1 heterocycles. The van der Waals surface area contributed by atoms with E-state index in [0.717, 1.165) is 37.0 Å². The third-order valence-corrected chi connectivity index (χ3v) is 5.13. The predicted octanol–water partition coefficient (Wildman–Crippen LogP) is 3.61. The standard InChI is InChI=1S/C16H31NO/c1-12(2)15-6-4-5-7-16(15)17-13(3)14-8-10-18-11-9-14/h12-17H,4-11H2,1-3H3. The number of hydrogen-bond acceptors (Lipinski definition) is 2. The molecule has 2 fully saturated rings. The van der Waals surface area contributed by atoms with Crippen LogP contribution < -0.4 is 5.32 Å². The van der Waals surface area contributed by atoms with E-state index >= 15 is 0 Å². The Labute approximate surface area is 113 Å². The second-order valence-electron chi connectivity index (χ2n) is 6.70. The lowest BCUT2D eigenvalue weighted by Crippen LogP contribution is -2.48. The van der Waals surface area contributed by atoms with E-state index in [1.807, 2.05) is 0 Å². The fourth-order valence-electron chi connectivity index (χ4n) is 3.85. The Balaban J connectivity index is 1.85. The van der Waals surface area contributed by atoms with Crippen molar-refractivity contribution in [1.82, 2.24) is 5.32 Å². The van der Waals surface area contributed by atoms with Crippen LogP contribution in [0.4, 0.5) is 0 Å². The third-order valence-electron chi connectivity index (χ3n) is 5.13.